The maximum Gasteiger partial charge on any atom is 0.0696 e. The Morgan fingerprint density at radius 2 is 2.13 bits per heavy atom. The lowest BCUT2D eigenvalue weighted by Gasteiger charge is -2.14. The van der Waals surface area contributed by atoms with Crippen LogP contribution < -0.4 is 5.32 Å². The van der Waals surface area contributed by atoms with Crippen molar-refractivity contribution in [1.82, 2.24) is 15.1 Å². The van der Waals surface area contributed by atoms with Crippen molar-refractivity contribution in [3.8, 4) is 0 Å². The van der Waals surface area contributed by atoms with Crippen molar-refractivity contribution in [3.63, 3.8) is 0 Å². The summed E-state index contributed by atoms with van der Waals surface area (Å²) in [4.78, 5) is 0. The molecule has 1 aromatic heterocycles. The highest BCUT2D eigenvalue weighted by Crippen LogP contribution is 2.27. The van der Waals surface area contributed by atoms with E-state index in [0.29, 0.717) is 5.92 Å². The summed E-state index contributed by atoms with van der Waals surface area (Å²) in [5.41, 5.74) is 1.12. The molecule has 2 N–H and O–H groups in total. The van der Waals surface area contributed by atoms with Crippen molar-refractivity contribution in [2.75, 3.05) is 6.54 Å². The van der Waals surface area contributed by atoms with Crippen LogP contribution in [0, 0.1) is 5.92 Å². The molecule has 1 unspecified atom stereocenters. The van der Waals surface area contributed by atoms with E-state index in [2.05, 4.69) is 22.6 Å². The van der Waals surface area contributed by atoms with Gasteiger partial charge in [-0.15, -0.1) is 0 Å². The van der Waals surface area contributed by atoms with Crippen LogP contribution in [0.4, 0.5) is 0 Å². The van der Waals surface area contributed by atoms with Gasteiger partial charge in [-0.25, -0.2) is 0 Å². The second-order valence-electron chi connectivity index (χ2n) is 6.10. The molecule has 1 aliphatic carbocycles. The van der Waals surface area contributed by atoms with Crippen molar-refractivity contribution in [3.05, 3.63) is 59.4 Å². The SMILES string of the molecule is O[C@@H]1CC(Cn2cccn2)C[C@H]1NCC=Cc1ccc(Cl)cc1. The molecule has 1 saturated carbocycles. The van der Waals surface area contributed by atoms with Crippen LogP contribution in [0.3, 0.4) is 0 Å². The molecule has 0 radical (unpaired) electrons. The molecule has 5 heteroatoms. The number of aromatic nitrogens is 2. The molecule has 1 aromatic carbocycles. The predicted molar refractivity (Wildman–Crippen MR) is 93.2 cm³/mol. The number of hydrogen-bond acceptors (Lipinski definition) is 3. The Morgan fingerprint density at radius 3 is 2.87 bits per heavy atom. The van der Waals surface area contributed by atoms with E-state index in [1.165, 1.54) is 0 Å². The fourth-order valence-electron chi connectivity index (χ4n) is 3.15. The highest BCUT2D eigenvalue weighted by molar-refractivity contribution is 6.30. The topological polar surface area (TPSA) is 50.1 Å². The van der Waals surface area contributed by atoms with E-state index in [1.54, 1.807) is 6.20 Å². The number of rotatable bonds is 6. The maximum atomic E-state index is 10.2. The van der Waals surface area contributed by atoms with Gasteiger partial charge in [0, 0.05) is 36.5 Å². The summed E-state index contributed by atoms with van der Waals surface area (Å²) < 4.78 is 1.94. The first-order chi connectivity index (χ1) is 11.2. The number of benzene rings is 1. The van der Waals surface area contributed by atoms with Gasteiger partial charge in [0.15, 0.2) is 0 Å². The molecule has 0 aliphatic heterocycles. The monoisotopic (exact) mass is 331 g/mol. The molecule has 0 saturated heterocycles. The van der Waals surface area contributed by atoms with Gasteiger partial charge >= 0.3 is 0 Å². The Hall–Kier alpha value is -1.62. The van der Waals surface area contributed by atoms with E-state index in [0.717, 1.165) is 36.5 Å². The molecule has 0 bridgehead atoms. The van der Waals surface area contributed by atoms with Crippen LogP contribution in [-0.4, -0.2) is 33.6 Å². The predicted octanol–water partition coefficient (Wildman–Crippen LogP) is 2.98. The number of aliphatic hydroxyl groups excluding tert-OH is 1. The molecule has 1 aliphatic rings. The molecule has 1 heterocycles. The minimum atomic E-state index is -0.278. The first-order valence-corrected chi connectivity index (χ1v) is 8.39. The number of nitrogens with zero attached hydrogens (tertiary/aromatic N) is 2. The minimum Gasteiger partial charge on any atom is -0.391 e. The molecule has 4 nitrogen and oxygen atoms in total. The van der Waals surface area contributed by atoms with Crippen molar-refractivity contribution >= 4 is 17.7 Å². The fraction of sp³-hybridized carbons (Fsp3) is 0.389. The Balaban J connectivity index is 1.44. The molecule has 122 valence electrons. The molecule has 2 aromatic rings. The summed E-state index contributed by atoms with van der Waals surface area (Å²) in [6.07, 6.45) is 9.45. The first-order valence-electron chi connectivity index (χ1n) is 8.01. The third-order valence-electron chi connectivity index (χ3n) is 4.31. The van der Waals surface area contributed by atoms with Gasteiger partial charge in [0.1, 0.15) is 0 Å². The van der Waals surface area contributed by atoms with Gasteiger partial charge in [-0.1, -0.05) is 35.9 Å². The van der Waals surface area contributed by atoms with Crippen LogP contribution in [0.5, 0.6) is 0 Å². The largest absolute Gasteiger partial charge is 0.391 e. The van der Waals surface area contributed by atoms with E-state index in [1.807, 2.05) is 41.2 Å². The summed E-state index contributed by atoms with van der Waals surface area (Å²) in [7, 11) is 0. The summed E-state index contributed by atoms with van der Waals surface area (Å²) in [6, 6.07) is 9.84. The Kier molecular flexibility index (Phi) is 5.49. The van der Waals surface area contributed by atoms with Gasteiger partial charge in [-0.2, -0.15) is 5.10 Å². The van der Waals surface area contributed by atoms with Crippen molar-refractivity contribution in [2.24, 2.45) is 5.92 Å². The molecular formula is C18H22ClN3O. The molecule has 0 amide bonds. The van der Waals surface area contributed by atoms with Gasteiger partial charge in [-0.3, -0.25) is 4.68 Å². The zero-order valence-corrected chi connectivity index (χ0v) is 13.7. The number of hydrogen-bond donors (Lipinski definition) is 2. The Morgan fingerprint density at radius 1 is 1.30 bits per heavy atom. The van der Waals surface area contributed by atoms with Crippen LogP contribution in [0.1, 0.15) is 18.4 Å². The standard InChI is InChI=1S/C18H22ClN3O/c19-16-6-4-14(5-7-16)3-1-8-20-17-11-15(12-18(17)23)13-22-10-2-9-21-22/h1-7,9-10,15,17-18,20,23H,8,11-13H2/t15?,17-,18-/m1/s1. The van der Waals surface area contributed by atoms with E-state index < -0.39 is 0 Å². The minimum absolute atomic E-state index is 0.158. The molecule has 3 rings (SSSR count). The van der Waals surface area contributed by atoms with Crippen LogP contribution in [-0.2, 0) is 6.54 Å². The quantitative estimate of drug-likeness (QED) is 0.855. The number of halogens is 1. The van der Waals surface area contributed by atoms with E-state index in [9.17, 15) is 5.11 Å². The van der Waals surface area contributed by atoms with Gasteiger partial charge in [-0.05, 0) is 42.5 Å². The summed E-state index contributed by atoms with van der Waals surface area (Å²) in [6.45, 7) is 1.63. The fourth-order valence-corrected chi connectivity index (χ4v) is 3.27. The van der Waals surface area contributed by atoms with E-state index in [-0.39, 0.29) is 12.1 Å². The number of nitrogens with one attached hydrogen (secondary N) is 1. The lowest BCUT2D eigenvalue weighted by atomic mass is 10.1. The second kappa shape index (κ2) is 7.77. The second-order valence-corrected chi connectivity index (χ2v) is 6.54. The third-order valence-corrected chi connectivity index (χ3v) is 4.56. The van der Waals surface area contributed by atoms with Gasteiger partial charge in [0.2, 0.25) is 0 Å². The molecule has 3 atom stereocenters. The van der Waals surface area contributed by atoms with Crippen LogP contribution in [0.2, 0.25) is 5.02 Å². The Labute approximate surface area is 141 Å². The van der Waals surface area contributed by atoms with E-state index in [4.69, 9.17) is 11.6 Å². The zero-order valence-electron chi connectivity index (χ0n) is 13.0. The number of aliphatic hydroxyl groups is 1. The smallest absolute Gasteiger partial charge is 0.0696 e. The van der Waals surface area contributed by atoms with Crippen molar-refractivity contribution in [2.45, 2.75) is 31.5 Å². The normalized spacial score (nSPS) is 24.5. The maximum absolute atomic E-state index is 10.2. The van der Waals surface area contributed by atoms with Gasteiger partial charge in [0.25, 0.3) is 0 Å². The van der Waals surface area contributed by atoms with E-state index >= 15 is 0 Å². The summed E-state index contributed by atoms with van der Waals surface area (Å²) >= 11 is 5.87. The first kappa shape index (κ1) is 16.2. The lowest BCUT2D eigenvalue weighted by Crippen LogP contribution is -2.35. The third kappa shape index (κ3) is 4.67. The highest BCUT2D eigenvalue weighted by atomic mass is 35.5. The van der Waals surface area contributed by atoms with Gasteiger partial charge in [0.05, 0.1) is 6.10 Å². The van der Waals surface area contributed by atoms with Crippen LogP contribution in [0.15, 0.2) is 48.8 Å². The summed E-state index contributed by atoms with van der Waals surface area (Å²) in [5.74, 6) is 0.475. The highest BCUT2D eigenvalue weighted by Gasteiger charge is 2.32. The van der Waals surface area contributed by atoms with Crippen molar-refractivity contribution in [1.29, 1.82) is 0 Å². The van der Waals surface area contributed by atoms with Crippen LogP contribution in [0.25, 0.3) is 6.08 Å². The lowest BCUT2D eigenvalue weighted by molar-refractivity contribution is 0.147. The molecule has 0 spiro atoms. The Bertz CT molecular complexity index is 624. The average Bonchev–Trinajstić information content (AvgIpc) is 3.16. The summed E-state index contributed by atoms with van der Waals surface area (Å²) in [5, 5.41) is 18.6. The average molecular weight is 332 g/mol. The zero-order chi connectivity index (χ0) is 16.1. The van der Waals surface area contributed by atoms with Crippen molar-refractivity contribution < 1.29 is 5.11 Å². The molecular weight excluding hydrogens is 310 g/mol. The molecule has 1 fully saturated rings. The van der Waals surface area contributed by atoms with Crippen LogP contribution >= 0.6 is 11.6 Å². The molecule has 23 heavy (non-hydrogen) atoms. The van der Waals surface area contributed by atoms with Gasteiger partial charge < -0.3 is 10.4 Å².